The van der Waals surface area contributed by atoms with Crippen LogP contribution >= 0.6 is 23.2 Å². The van der Waals surface area contributed by atoms with Crippen molar-refractivity contribution in [3.05, 3.63) is 28.2 Å². The van der Waals surface area contributed by atoms with Crippen molar-refractivity contribution in [3.63, 3.8) is 0 Å². The summed E-state index contributed by atoms with van der Waals surface area (Å²) >= 11 is 12.1. The minimum absolute atomic E-state index is 0.0496. The van der Waals surface area contributed by atoms with Crippen molar-refractivity contribution in [1.82, 2.24) is 4.90 Å². The van der Waals surface area contributed by atoms with Gasteiger partial charge in [0.2, 0.25) is 0 Å². The Morgan fingerprint density at radius 2 is 2.08 bits per heavy atom. The molecule has 1 fully saturated rings. The summed E-state index contributed by atoms with van der Waals surface area (Å²) in [7, 11) is 0. The standard InChI is InChI=1S/C17H24Cl2N2O3/c1-12(24-15-5-2-4-14(18)16(15)19)17(22)21-9-6-13(7-10-21)23-11-3-8-20/h2,4-5,12-13H,3,6-11,20H2,1H3. The first-order valence-electron chi connectivity index (χ1n) is 8.24. The van der Waals surface area contributed by atoms with Crippen molar-refractivity contribution in [2.45, 2.75) is 38.4 Å². The van der Waals surface area contributed by atoms with E-state index in [0.29, 0.717) is 42.0 Å². The van der Waals surface area contributed by atoms with E-state index in [9.17, 15) is 4.79 Å². The SMILES string of the molecule is CC(Oc1cccc(Cl)c1Cl)C(=O)N1CCC(OCCCN)CC1. The molecular weight excluding hydrogens is 351 g/mol. The molecule has 1 aromatic rings. The van der Waals surface area contributed by atoms with Crippen molar-refractivity contribution < 1.29 is 14.3 Å². The first kappa shape index (κ1) is 19.3. The molecule has 24 heavy (non-hydrogen) atoms. The molecule has 5 nitrogen and oxygen atoms in total. The van der Waals surface area contributed by atoms with Gasteiger partial charge in [-0.3, -0.25) is 4.79 Å². The van der Waals surface area contributed by atoms with E-state index in [1.807, 2.05) is 4.90 Å². The molecule has 1 unspecified atom stereocenters. The van der Waals surface area contributed by atoms with Crippen LogP contribution in [0.25, 0.3) is 0 Å². The van der Waals surface area contributed by atoms with E-state index in [1.54, 1.807) is 25.1 Å². The molecule has 2 N–H and O–H groups in total. The number of halogens is 2. The summed E-state index contributed by atoms with van der Waals surface area (Å²) in [6.45, 7) is 4.38. The summed E-state index contributed by atoms with van der Waals surface area (Å²) in [6, 6.07) is 5.12. The van der Waals surface area contributed by atoms with Gasteiger partial charge in [-0.15, -0.1) is 0 Å². The summed E-state index contributed by atoms with van der Waals surface area (Å²) in [5, 5.41) is 0.732. The highest BCUT2D eigenvalue weighted by Crippen LogP contribution is 2.32. The number of likely N-dealkylation sites (tertiary alicyclic amines) is 1. The Balaban J connectivity index is 1.83. The summed E-state index contributed by atoms with van der Waals surface area (Å²) < 4.78 is 11.4. The van der Waals surface area contributed by atoms with Crippen LogP contribution in [0.2, 0.25) is 10.0 Å². The van der Waals surface area contributed by atoms with Gasteiger partial charge in [-0.25, -0.2) is 0 Å². The molecular formula is C17H24Cl2N2O3. The van der Waals surface area contributed by atoms with Gasteiger partial charge in [-0.2, -0.15) is 0 Å². The molecule has 0 spiro atoms. The van der Waals surface area contributed by atoms with Gasteiger partial charge in [0.25, 0.3) is 5.91 Å². The fourth-order valence-corrected chi connectivity index (χ4v) is 2.99. The molecule has 0 bridgehead atoms. The third-order valence-electron chi connectivity index (χ3n) is 4.02. The fraction of sp³-hybridized carbons (Fsp3) is 0.588. The number of ether oxygens (including phenoxy) is 2. The fourth-order valence-electron chi connectivity index (χ4n) is 2.65. The number of piperidine rings is 1. The number of amides is 1. The molecule has 1 heterocycles. The molecule has 0 saturated carbocycles. The summed E-state index contributed by atoms with van der Waals surface area (Å²) in [4.78, 5) is 14.3. The molecule has 0 aromatic heterocycles. The van der Waals surface area contributed by atoms with E-state index in [1.165, 1.54) is 0 Å². The molecule has 1 aliphatic rings. The molecule has 0 aliphatic carbocycles. The smallest absolute Gasteiger partial charge is 0.263 e. The summed E-state index contributed by atoms with van der Waals surface area (Å²) in [5.74, 6) is 0.372. The number of hydrogen-bond acceptors (Lipinski definition) is 4. The van der Waals surface area contributed by atoms with E-state index in [-0.39, 0.29) is 12.0 Å². The maximum absolute atomic E-state index is 12.5. The Labute approximate surface area is 153 Å². The van der Waals surface area contributed by atoms with E-state index < -0.39 is 6.10 Å². The molecule has 1 saturated heterocycles. The predicted molar refractivity (Wildman–Crippen MR) is 95.8 cm³/mol. The third-order valence-corrected chi connectivity index (χ3v) is 4.82. The van der Waals surface area contributed by atoms with Crippen LogP contribution in [0.1, 0.15) is 26.2 Å². The number of hydrogen-bond donors (Lipinski definition) is 1. The van der Waals surface area contributed by atoms with Crippen molar-refractivity contribution >= 4 is 29.1 Å². The van der Waals surface area contributed by atoms with Crippen LogP contribution in [0.15, 0.2) is 18.2 Å². The monoisotopic (exact) mass is 374 g/mol. The molecule has 134 valence electrons. The lowest BCUT2D eigenvalue weighted by Crippen LogP contribution is -2.46. The summed E-state index contributed by atoms with van der Waals surface area (Å²) in [5.41, 5.74) is 5.46. The number of nitrogens with zero attached hydrogens (tertiary/aromatic N) is 1. The molecule has 2 rings (SSSR count). The topological polar surface area (TPSA) is 64.8 Å². The molecule has 1 atom stereocenters. The van der Waals surface area contributed by atoms with Crippen LogP contribution in [0.4, 0.5) is 0 Å². The second-order valence-electron chi connectivity index (χ2n) is 5.85. The maximum atomic E-state index is 12.5. The lowest BCUT2D eigenvalue weighted by molar-refractivity contribution is -0.140. The van der Waals surface area contributed by atoms with Crippen molar-refractivity contribution in [1.29, 1.82) is 0 Å². The Kier molecular flexibility index (Phi) is 7.62. The van der Waals surface area contributed by atoms with Gasteiger partial charge in [0.05, 0.1) is 11.1 Å². The van der Waals surface area contributed by atoms with Crippen molar-refractivity contribution in [2.24, 2.45) is 5.73 Å². The highest BCUT2D eigenvalue weighted by Gasteiger charge is 2.27. The van der Waals surface area contributed by atoms with Crippen LogP contribution in [0.3, 0.4) is 0 Å². The number of carbonyl (C=O) groups is 1. The Morgan fingerprint density at radius 1 is 1.38 bits per heavy atom. The van der Waals surface area contributed by atoms with Gasteiger partial charge in [0.1, 0.15) is 10.8 Å². The van der Waals surface area contributed by atoms with Crippen LogP contribution in [0, 0.1) is 0 Å². The largest absolute Gasteiger partial charge is 0.479 e. The zero-order valence-corrected chi connectivity index (χ0v) is 15.4. The van der Waals surface area contributed by atoms with Crippen LogP contribution < -0.4 is 10.5 Å². The first-order valence-corrected chi connectivity index (χ1v) is 8.99. The number of nitrogens with two attached hydrogens (primary N) is 1. The molecule has 1 aromatic carbocycles. The first-order chi connectivity index (χ1) is 11.5. The van der Waals surface area contributed by atoms with Gasteiger partial charge < -0.3 is 20.1 Å². The third kappa shape index (κ3) is 5.24. The zero-order chi connectivity index (χ0) is 17.5. The van der Waals surface area contributed by atoms with Crippen LogP contribution in [-0.2, 0) is 9.53 Å². The Morgan fingerprint density at radius 3 is 2.75 bits per heavy atom. The van der Waals surface area contributed by atoms with E-state index in [4.69, 9.17) is 38.4 Å². The number of carbonyl (C=O) groups excluding carboxylic acids is 1. The second-order valence-corrected chi connectivity index (χ2v) is 6.63. The Bertz CT molecular complexity index is 549. The van der Waals surface area contributed by atoms with Crippen molar-refractivity contribution in [3.8, 4) is 5.75 Å². The van der Waals surface area contributed by atoms with Gasteiger partial charge in [0.15, 0.2) is 6.10 Å². The number of rotatable bonds is 7. The minimum Gasteiger partial charge on any atom is -0.479 e. The zero-order valence-electron chi connectivity index (χ0n) is 13.8. The molecule has 1 amide bonds. The van der Waals surface area contributed by atoms with E-state index >= 15 is 0 Å². The quantitative estimate of drug-likeness (QED) is 0.744. The average Bonchev–Trinajstić information content (AvgIpc) is 2.59. The average molecular weight is 375 g/mol. The lowest BCUT2D eigenvalue weighted by atomic mass is 10.1. The summed E-state index contributed by atoms with van der Waals surface area (Å²) in [6.07, 6.45) is 2.13. The predicted octanol–water partition coefficient (Wildman–Crippen LogP) is 3.12. The van der Waals surface area contributed by atoms with Gasteiger partial charge in [-0.1, -0.05) is 29.3 Å². The van der Waals surface area contributed by atoms with Gasteiger partial charge in [0, 0.05) is 19.7 Å². The molecule has 1 aliphatic heterocycles. The lowest BCUT2D eigenvalue weighted by Gasteiger charge is -2.33. The molecule has 7 heteroatoms. The highest BCUT2D eigenvalue weighted by atomic mass is 35.5. The van der Waals surface area contributed by atoms with Gasteiger partial charge in [-0.05, 0) is 44.9 Å². The van der Waals surface area contributed by atoms with E-state index in [0.717, 1.165) is 19.3 Å². The van der Waals surface area contributed by atoms with Gasteiger partial charge >= 0.3 is 0 Å². The maximum Gasteiger partial charge on any atom is 0.263 e. The molecule has 0 radical (unpaired) electrons. The van der Waals surface area contributed by atoms with Crippen molar-refractivity contribution in [2.75, 3.05) is 26.2 Å². The van der Waals surface area contributed by atoms with Crippen LogP contribution in [0.5, 0.6) is 5.75 Å². The second kappa shape index (κ2) is 9.47. The minimum atomic E-state index is -0.615. The normalized spacial score (nSPS) is 16.9. The van der Waals surface area contributed by atoms with Crippen LogP contribution in [-0.4, -0.2) is 49.3 Å². The number of benzene rings is 1. The Hall–Kier alpha value is -1.01. The highest BCUT2D eigenvalue weighted by molar-refractivity contribution is 6.42. The van der Waals surface area contributed by atoms with E-state index in [2.05, 4.69) is 0 Å².